The van der Waals surface area contributed by atoms with Crippen LogP contribution in [0.4, 0.5) is 0 Å². The lowest BCUT2D eigenvalue weighted by molar-refractivity contribution is -0.142. The van der Waals surface area contributed by atoms with Crippen molar-refractivity contribution in [2.24, 2.45) is 17.4 Å². The van der Waals surface area contributed by atoms with E-state index in [-0.39, 0.29) is 139 Å². The van der Waals surface area contributed by atoms with E-state index in [9.17, 15) is 53.4 Å². The van der Waals surface area contributed by atoms with Gasteiger partial charge in [-0.15, -0.1) is 0 Å². The molecule has 0 spiro atoms. The number of primary amides is 1. The number of pyridine rings is 1. The lowest BCUT2D eigenvalue weighted by Crippen LogP contribution is -2.61. The Balaban J connectivity index is 1.30. The molecule has 0 radical (unpaired) electrons. The van der Waals surface area contributed by atoms with E-state index in [4.69, 9.17) is 28.5 Å². The van der Waals surface area contributed by atoms with Gasteiger partial charge in [-0.1, -0.05) is 215 Å². The van der Waals surface area contributed by atoms with Gasteiger partial charge in [-0.3, -0.25) is 77.5 Å². The fourth-order valence-corrected chi connectivity index (χ4v) is 16.0. The number of phenolic OH excluding ortho intramolecular Hbond substituents is 1. The molecule has 34 nitrogen and oxygen atoms in total. The lowest BCUT2D eigenvalue weighted by atomic mass is 9.99. The first kappa shape index (κ1) is 110. The number of aliphatic hydroxyl groups is 1. The largest absolute Gasteiger partial charge is 0.508 e. The van der Waals surface area contributed by atoms with Crippen molar-refractivity contribution in [3.63, 3.8) is 0 Å². The third-order valence-electron chi connectivity index (χ3n) is 23.4. The third kappa shape index (κ3) is 42.3. The van der Waals surface area contributed by atoms with E-state index in [0.29, 0.717) is 53.0 Å². The lowest BCUT2D eigenvalue weighted by Gasteiger charge is -2.31. The maximum Gasteiger partial charge on any atom is 0.245 e. The first-order valence-electron chi connectivity index (χ1n) is 47.6. The first-order valence-corrected chi connectivity index (χ1v) is 47.9. The monoisotopic (exact) mass is 1870 g/mol. The maximum absolute atomic E-state index is 15.5. The van der Waals surface area contributed by atoms with Gasteiger partial charge in [-0.05, 0) is 147 Å². The van der Waals surface area contributed by atoms with Crippen LogP contribution in [0.15, 0.2) is 116 Å². The minimum absolute atomic E-state index is 0.0126. The summed E-state index contributed by atoms with van der Waals surface area (Å²) < 4.78 is 0. The number of benzene rings is 4. The number of carbonyl (C=O) groups is 14. The molecular formula is C98H145ClN18O16. The Morgan fingerprint density at radius 1 is 0.451 bits per heavy atom. The highest BCUT2D eigenvalue weighted by Gasteiger charge is 2.41. The molecule has 1 aromatic heterocycles. The number of fused-ring (bicyclic) bond motifs is 1. The van der Waals surface area contributed by atoms with Crippen LogP contribution in [0.1, 0.15) is 250 Å². The predicted octanol–water partition coefficient (Wildman–Crippen LogP) is 7.16. The molecule has 1 unspecified atom stereocenters. The van der Waals surface area contributed by atoms with E-state index in [2.05, 4.69) is 87.9 Å². The second kappa shape index (κ2) is 61.1. The quantitative estimate of drug-likeness (QED) is 0.0104. The second-order valence-electron chi connectivity index (χ2n) is 35.2. The molecule has 14 amide bonds. The summed E-state index contributed by atoms with van der Waals surface area (Å²) in [5, 5.41) is 67.3. The number of carbonyl (C=O) groups excluding carboxylic acids is 14. The van der Waals surface area contributed by atoms with Crippen LogP contribution in [-0.4, -0.2) is 208 Å². The summed E-state index contributed by atoms with van der Waals surface area (Å²) >= 11 is 6.29. The number of guanidine groups is 1. The van der Waals surface area contributed by atoms with Crippen molar-refractivity contribution >= 4 is 111 Å². The van der Waals surface area contributed by atoms with Gasteiger partial charge in [0.15, 0.2) is 5.96 Å². The van der Waals surface area contributed by atoms with Gasteiger partial charge in [0.2, 0.25) is 82.7 Å². The zero-order chi connectivity index (χ0) is 97.0. The van der Waals surface area contributed by atoms with E-state index >= 15 is 24.0 Å². The number of likely N-dealkylation sites (tertiary alicyclic amines) is 1. The normalized spacial score (nSPS) is 14.6. The number of amides is 14. The molecule has 0 saturated carbocycles. The highest BCUT2D eigenvalue weighted by atomic mass is 35.5. The molecule has 1 aliphatic rings. The molecule has 0 bridgehead atoms. The summed E-state index contributed by atoms with van der Waals surface area (Å²) in [4.78, 5) is 205. The van der Waals surface area contributed by atoms with Gasteiger partial charge in [0.25, 0.3) is 0 Å². The highest BCUT2D eigenvalue weighted by Crippen LogP contribution is 2.24. The molecule has 11 atom stereocenters. The molecule has 35 heteroatoms. The number of nitrogens with two attached hydrogens (primary N) is 2. The van der Waals surface area contributed by atoms with Crippen LogP contribution < -0.4 is 80.6 Å². The van der Waals surface area contributed by atoms with Crippen molar-refractivity contribution in [3.05, 3.63) is 143 Å². The summed E-state index contributed by atoms with van der Waals surface area (Å²) in [5.41, 5.74) is 13.1. The van der Waals surface area contributed by atoms with Gasteiger partial charge in [0.05, 0.1) is 6.61 Å². The summed E-state index contributed by atoms with van der Waals surface area (Å²) in [6.07, 6.45) is 22.4. The molecular weight excluding hydrogens is 1720 g/mol. The van der Waals surface area contributed by atoms with E-state index in [0.717, 1.165) is 75.0 Å². The Morgan fingerprint density at radius 3 is 1.47 bits per heavy atom. The number of aliphatic hydroxyl groups excluding tert-OH is 1. The number of nitrogens with zero attached hydrogens (tertiary/aromatic N) is 2. The second-order valence-corrected chi connectivity index (χ2v) is 35.6. The molecule has 1 aliphatic heterocycles. The van der Waals surface area contributed by atoms with Crippen molar-refractivity contribution in [1.82, 2.24) is 79.0 Å². The average molecular weight is 1870 g/mol. The van der Waals surface area contributed by atoms with Crippen LogP contribution in [0.2, 0.25) is 5.02 Å². The fraction of sp³-hybridized carbons (Fsp3) is 0.571. The summed E-state index contributed by atoms with van der Waals surface area (Å²) in [5.74, 6) is -11.1. The Morgan fingerprint density at radius 2 is 0.917 bits per heavy atom. The molecule has 4 aromatic carbocycles. The Bertz CT molecular complexity index is 4530. The van der Waals surface area contributed by atoms with Gasteiger partial charge in [-0.2, -0.15) is 0 Å². The molecule has 20 N–H and O–H groups in total. The molecule has 1 fully saturated rings. The molecule has 6 rings (SSSR count). The summed E-state index contributed by atoms with van der Waals surface area (Å²) in [7, 11) is 0. The van der Waals surface area contributed by atoms with Crippen molar-refractivity contribution in [1.29, 1.82) is 5.41 Å². The first-order chi connectivity index (χ1) is 63.8. The van der Waals surface area contributed by atoms with Gasteiger partial charge in [-0.25, -0.2) is 0 Å². The van der Waals surface area contributed by atoms with Crippen LogP contribution >= 0.6 is 11.6 Å². The Kier molecular flexibility index (Phi) is 50.5. The summed E-state index contributed by atoms with van der Waals surface area (Å²) in [6, 6.07) is 13.1. The van der Waals surface area contributed by atoms with Crippen molar-refractivity contribution in [3.8, 4) is 5.75 Å². The number of hydrogen-bond donors (Lipinski definition) is 18. The molecule has 5 aromatic rings. The maximum atomic E-state index is 15.5. The van der Waals surface area contributed by atoms with Crippen LogP contribution in [0.25, 0.3) is 10.8 Å². The minimum atomic E-state index is -1.89. The predicted molar refractivity (Wildman–Crippen MR) is 511 cm³/mol. The topological polar surface area (TPSA) is 528 Å². The SMILES string of the molecule is CCCCCCCCCCCC(=O)NCCC(NC(=O)CCCCCCCCCCC)C(=O)NCCCC[C@@H](NC(=O)[C@H](Cc1ccc(O)cc1)NC(=O)[C@H](CO)NC(=O)[C@@H](Cc1cccnc1)NC(=O)[C@@H](Cc1ccc(Cl)cc1)NC(=O)[C@@H](Cc1ccc2ccccc2c1)NC(C)=O)C(=O)N[C@@H](CC(C)C)C(=O)N[C@@H](CCCNC(=N)N)C(=O)N1CCC[C@H]1C(=O)N[C@H](C)C(N)=O. The number of aromatic hydroxyl groups is 1. The molecule has 0 aliphatic carbocycles. The number of aromatic nitrogens is 1. The van der Waals surface area contributed by atoms with E-state index in [1.807, 2.05) is 42.5 Å². The molecule has 730 valence electrons. The van der Waals surface area contributed by atoms with Crippen LogP contribution in [0.5, 0.6) is 5.75 Å². The standard InChI is InChI=1S/C98H145ClN18O16/c1-7-9-11-13-15-17-19-21-23-38-85(121)104-54-50-76(109-86(122)39-24-22-20-18-16-14-12-10-8-2)88(124)105-52-28-27-35-75(89(125)112-78(56-64(3)4)90(126)111-77(36-30-53-106-98(101)102)97(133)117-55-31-37-84(117)96(132)107-65(5)87(100)123)110-92(128)80(59-68-43-48-74(120)49-44-68)115-95(131)83(63-118)116-94(130)82(61-70-32-29-51-103-62-70)114-93(129)81(58-67-41-46-73(99)47-42-67)113-91(127)79(108-66(6)119)60-69-40-45-71-33-25-26-34-72(71)57-69/h25-26,29,32-34,40-49,51,57,62,64-65,75-84,118,120H,7-24,27-28,30-31,35-39,50,52-56,58-61,63H2,1-6H3,(H2,100,123)(H,104,121)(H,105,124)(H,107,132)(H,108,119)(H,109,122)(H,110,128)(H,111,126)(H,112,125)(H,113,127)(H,114,129)(H,115,131)(H,116,130)(H4,101,102,106)/t65-,75-,76?,77+,78+,79-,80+,81-,82-,83+,84+/m1/s1. The zero-order valence-electron chi connectivity index (χ0n) is 78.3. The van der Waals surface area contributed by atoms with Crippen LogP contribution in [-0.2, 0) is 92.8 Å². The van der Waals surface area contributed by atoms with Crippen LogP contribution in [0.3, 0.4) is 0 Å². The number of phenols is 1. The van der Waals surface area contributed by atoms with E-state index in [1.165, 1.54) is 93.9 Å². The van der Waals surface area contributed by atoms with E-state index in [1.54, 1.807) is 50.2 Å². The van der Waals surface area contributed by atoms with E-state index < -0.39 is 144 Å². The third-order valence-corrected chi connectivity index (χ3v) is 23.6. The number of nitrogens with one attached hydrogen (secondary N) is 14. The molecule has 133 heavy (non-hydrogen) atoms. The van der Waals surface area contributed by atoms with Crippen molar-refractivity contribution in [2.75, 3.05) is 32.8 Å². The molecule has 2 heterocycles. The van der Waals surface area contributed by atoms with Gasteiger partial charge < -0.3 is 95.7 Å². The Hall–Kier alpha value is -11.8. The highest BCUT2D eigenvalue weighted by molar-refractivity contribution is 6.30. The number of hydrogen-bond acceptors (Lipinski definition) is 18. The number of rotatable bonds is 64. The Labute approximate surface area is 787 Å². The molecule has 1 saturated heterocycles. The minimum Gasteiger partial charge on any atom is -0.508 e. The average Bonchev–Trinajstić information content (AvgIpc) is 1.69. The number of unbranched alkanes of at least 4 members (excludes halogenated alkanes) is 17. The van der Waals surface area contributed by atoms with Gasteiger partial charge in [0.1, 0.15) is 72.2 Å². The number of halogens is 1. The van der Waals surface area contributed by atoms with Gasteiger partial charge >= 0.3 is 0 Å². The zero-order valence-corrected chi connectivity index (χ0v) is 79.1. The fourth-order valence-electron chi connectivity index (χ4n) is 15.9. The smallest absolute Gasteiger partial charge is 0.245 e. The summed E-state index contributed by atoms with van der Waals surface area (Å²) in [6.45, 7) is 9.71. The van der Waals surface area contributed by atoms with Crippen LogP contribution in [0, 0.1) is 11.3 Å². The van der Waals surface area contributed by atoms with Crippen molar-refractivity contribution < 1.29 is 77.3 Å². The van der Waals surface area contributed by atoms with Gasteiger partial charge in [0, 0.05) is 89.0 Å². The van der Waals surface area contributed by atoms with Crippen molar-refractivity contribution in [2.45, 2.75) is 320 Å².